The first-order valence-electron chi connectivity index (χ1n) is 8.80. The monoisotopic (exact) mass is 416 g/mol. The molecule has 28 heavy (non-hydrogen) atoms. The van der Waals surface area contributed by atoms with E-state index < -0.39 is 30.9 Å². The molecule has 0 aromatic heterocycles. The number of carboxylic acids is 1. The fraction of sp³-hybridized carbons (Fsp3) is 0.938. The lowest BCUT2D eigenvalue weighted by Gasteiger charge is -2.18. The second kappa shape index (κ2) is 19.4. The average Bonchev–Trinajstić information content (AvgIpc) is 2.70. The second-order valence-electron chi connectivity index (χ2n) is 5.59. The largest absolute Gasteiger partial charge is 0.480 e. The van der Waals surface area contributed by atoms with E-state index in [1.165, 1.54) is 0 Å². The third kappa shape index (κ3) is 16.1. The molecule has 12 nitrogen and oxygen atoms in total. The fourth-order valence-electron chi connectivity index (χ4n) is 1.73. The van der Waals surface area contributed by atoms with E-state index in [0.717, 1.165) is 0 Å². The van der Waals surface area contributed by atoms with Crippen LogP contribution in [0.3, 0.4) is 0 Å². The van der Waals surface area contributed by atoms with Crippen molar-refractivity contribution < 1.29 is 58.7 Å². The zero-order valence-electron chi connectivity index (χ0n) is 15.8. The van der Waals surface area contributed by atoms with Crippen molar-refractivity contribution in [3.8, 4) is 0 Å². The molecule has 0 aliphatic heterocycles. The number of ether oxygens (including phenoxy) is 6. The minimum absolute atomic E-state index is 0.0769. The zero-order valence-corrected chi connectivity index (χ0v) is 15.8. The summed E-state index contributed by atoms with van der Waals surface area (Å²) in [4.78, 5) is 10.3. The summed E-state index contributed by atoms with van der Waals surface area (Å²) in [7, 11) is 0. The lowest BCUT2D eigenvalue weighted by molar-refractivity contribution is -0.155. The Bertz CT molecular complexity index is 353. The first-order valence-corrected chi connectivity index (χ1v) is 8.80. The van der Waals surface area contributed by atoms with Crippen LogP contribution in [-0.4, -0.2) is 116 Å². The number of rotatable bonds is 21. The van der Waals surface area contributed by atoms with Gasteiger partial charge in [0.2, 0.25) is 0 Å². The molecule has 0 aliphatic carbocycles. The van der Waals surface area contributed by atoms with E-state index in [1.54, 1.807) is 0 Å². The third-order valence-electron chi connectivity index (χ3n) is 3.37. The van der Waals surface area contributed by atoms with Crippen LogP contribution >= 0.6 is 0 Å². The van der Waals surface area contributed by atoms with Gasteiger partial charge in [0.25, 0.3) is 0 Å². The number of carbonyl (C=O) groups is 1. The van der Waals surface area contributed by atoms with Gasteiger partial charge < -0.3 is 54.0 Å². The average molecular weight is 416 g/mol. The smallest absolute Gasteiger partial charge is 0.329 e. The predicted molar refractivity (Wildman–Crippen MR) is 92.3 cm³/mol. The topological polar surface area (TPSA) is 174 Å². The first-order chi connectivity index (χ1) is 13.6. The van der Waals surface area contributed by atoms with Crippen LogP contribution in [0.2, 0.25) is 0 Å². The van der Waals surface area contributed by atoms with Crippen LogP contribution in [0.1, 0.15) is 12.8 Å². The molecule has 5 N–H and O–H groups in total. The number of aliphatic hydroxyl groups is 4. The van der Waals surface area contributed by atoms with E-state index >= 15 is 0 Å². The molecule has 0 aromatic carbocycles. The van der Waals surface area contributed by atoms with Crippen molar-refractivity contribution in [3.05, 3.63) is 0 Å². The van der Waals surface area contributed by atoms with Crippen LogP contribution in [-0.2, 0) is 33.2 Å². The third-order valence-corrected chi connectivity index (χ3v) is 3.37. The van der Waals surface area contributed by atoms with Crippen molar-refractivity contribution in [2.75, 3.05) is 66.6 Å². The summed E-state index contributed by atoms with van der Waals surface area (Å²) in [5.41, 5.74) is 0. The van der Waals surface area contributed by atoms with Crippen LogP contribution in [0.5, 0.6) is 0 Å². The van der Waals surface area contributed by atoms with Gasteiger partial charge in [-0.1, -0.05) is 0 Å². The normalized spacial score (nSPS) is 13.8. The van der Waals surface area contributed by atoms with Crippen LogP contribution in [0, 0.1) is 0 Å². The molecule has 168 valence electrons. The van der Waals surface area contributed by atoms with Crippen molar-refractivity contribution in [3.63, 3.8) is 0 Å². The molecule has 12 heteroatoms. The van der Waals surface area contributed by atoms with Crippen molar-refractivity contribution in [2.24, 2.45) is 0 Å². The number of aliphatic hydroxyl groups excluding tert-OH is 4. The SMILES string of the molecule is O=C(O)COCOC(CO)CCOCOC(CO)CCOCOC(CO)CO. The molecule has 0 rings (SSSR count). The number of carboxylic acid groups (broad SMARTS) is 1. The summed E-state index contributed by atoms with van der Waals surface area (Å²) in [6.07, 6.45) is -1.01. The van der Waals surface area contributed by atoms with E-state index in [0.29, 0.717) is 12.8 Å². The van der Waals surface area contributed by atoms with Gasteiger partial charge >= 0.3 is 5.97 Å². The summed E-state index contributed by atoms with van der Waals surface area (Å²) >= 11 is 0. The maximum atomic E-state index is 10.3. The molecule has 0 saturated carbocycles. The molecular formula is C16H32O12. The summed E-state index contributed by atoms with van der Waals surface area (Å²) in [5.74, 6) is -1.11. The Morgan fingerprint density at radius 1 is 0.643 bits per heavy atom. The predicted octanol–water partition coefficient (Wildman–Crippen LogP) is -2.10. The van der Waals surface area contributed by atoms with Crippen LogP contribution in [0.15, 0.2) is 0 Å². The summed E-state index contributed by atoms with van der Waals surface area (Å²) in [6.45, 7) is -1.56. The van der Waals surface area contributed by atoms with Crippen LogP contribution in [0.4, 0.5) is 0 Å². The first kappa shape index (κ1) is 27.1. The van der Waals surface area contributed by atoms with Crippen molar-refractivity contribution in [1.29, 1.82) is 0 Å². The van der Waals surface area contributed by atoms with E-state index in [1.807, 2.05) is 0 Å². The molecule has 0 aliphatic rings. The summed E-state index contributed by atoms with van der Waals surface area (Å²) in [5, 5.41) is 44.4. The van der Waals surface area contributed by atoms with Crippen molar-refractivity contribution >= 4 is 5.97 Å². The van der Waals surface area contributed by atoms with Gasteiger partial charge in [0.05, 0.1) is 51.8 Å². The molecule has 2 unspecified atom stereocenters. The highest BCUT2D eigenvalue weighted by Gasteiger charge is 2.11. The van der Waals surface area contributed by atoms with Gasteiger partial charge in [-0.2, -0.15) is 0 Å². The zero-order chi connectivity index (χ0) is 21.0. The standard InChI is InChI=1S/C16H32O12/c17-5-13(1-4-24-11-28-15(7-19)8-20)26-10-23-3-2-14(6-18)27-12-25-9-16(21)22/h13-15,17-20H,1-12H2,(H,21,22). The van der Waals surface area contributed by atoms with E-state index in [9.17, 15) is 9.90 Å². The van der Waals surface area contributed by atoms with E-state index in [-0.39, 0.29) is 60.0 Å². The number of aliphatic carboxylic acids is 1. The Hall–Kier alpha value is -0.930. The summed E-state index contributed by atoms with van der Waals surface area (Å²) < 4.78 is 30.6. The Morgan fingerprint density at radius 2 is 1.04 bits per heavy atom. The maximum absolute atomic E-state index is 10.3. The molecule has 2 atom stereocenters. The Labute approximate surface area is 163 Å². The quantitative estimate of drug-likeness (QED) is 0.102. The second-order valence-corrected chi connectivity index (χ2v) is 5.59. The van der Waals surface area contributed by atoms with E-state index in [2.05, 4.69) is 0 Å². The Balaban J connectivity index is 3.67. The van der Waals surface area contributed by atoms with Crippen molar-refractivity contribution in [1.82, 2.24) is 0 Å². The van der Waals surface area contributed by atoms with E-state index in [4.69, 9.17) is 48.8 Å². The number of hydrogen-bond acceptors (Lipinski definition) is 11. The highest BCUT2D eigenvalue weighted by molar-refractivity contribution is 5.67. The molecule has 0 aromatic rings. The van der Waals surface area contributed by atoms with Crippen LogP contribution in [0.25, 0.3) is 0 Å². The minimum atomic E-state index is -1.11. The van der Waals surface area contributed by atoms with Gasteiger partial charge in [0, 0.05) is 0 Å². The van der Waals surface area contributed by atoms with Gasteiger partial charge in [0.15, 0.2) is 0 Å². The van der Waals surface area contributed by atoms with Gasteiger partial charge in [-0.25, -0.2) is 4.79 Å². The lowest BCUT2D eigenvalue weighted by atomic mass is 10.3. The highest BCUT2D eigenvalue weighted by atomic mass is 16.7. The molecule has 0 fully saturated rings. The van der Waals surface area contributed by atoms with Crippen LogP contribution < -0.4 is 0 Å². The highest BCUT2D eigenvalue weighted by Crippen LogP contribution is 2.02. The van der Waals surface area contributed by atoms with Gasteiger partial charge in [0.1, 0.15) is 33.1 Å². The molecule has 0 saturated heterocycles. The van der Waals surface area contributed by atoms with Gasteiger partial charge in [-0.15, -0.1) is 0 Å². The maximum Gasteiger partial charge on any atom is 0.329 e. The van der Waals surface area contributed by atoms with Gasteiger partial charge in [-0.05, 0) is 12.8 Å². The minimum Gasteiger partial charge on any atom is -0.480 e. The Kier molecular flexibility index (Phi) is 18.7. The fourth-order valence-corrected chi connectivity index (χ4v) is 1.73. The Morgan fingerprint density at radius 3 is 1.43 bits per heavy atom. The molecule has 0 radical (unpaired) electrons. The lowest BCUT2D eigenvalue weighted by Crippen LogP contribution is -2.25. The van der Waals surface area contributed by atoms with Crippen molar-refractivity contribution in [2.45, 2.75) is 31.2 Å². The molecular weight excluding hydrogens is 384 g/mol. The van der Waals surface area contributed by atoms with Gasteiger partial charge in [-0.3, -0.25) is 0 Å². The molecule has 0 bridgehead atoms. The molecule has 0 heterocycles. The summed E-state index contributed by atoms with van der Waals surface area (Å²) in [6, 6.07) is 0. The number of hydrogen-bond donors (Lipinski definition) is 5. The molecule has 0 amide bonds. The molecule has 0 spiro atoms.